The number of halogens is 1. The molecular weight excluding hydrogens is 274 g/mol. The summed E-state index contributed by atoms with van der Waals surface area (Å²) in [4.78, 5) is 4.51. The van der Waals surface area contributed by atoms with Gasteiger partial charge in [-0.3, -0.25) is 0 Å². The topological polar surface area (TPSA) is 50.8 Å². The molecule has 1 unspecified atom stereocenters. The molecule has 20 heavy (non-hydrogen) atoms. The van der Waals surface area contributed by atoms with Crippen molar-refractivity contribution in [2.45, 2.75) is 37.8 Å². The van der Waals surface area contributed by atoms with Crippen LogP contribution < -0.4 is 0 Å². The molecule has 1 aliphatic heterocycles. The van der Waals surface area contributed by atoms with Gasteiger partial charge in [-0.1, -0.05) is 6.07 Å². The molecule has 1 aliphatic rings. The maximum Gasteiger partial charge on any atom is 0.124 e. The first-order chi connectivity index (χ1) is 9.83. The van der Waals surface area contributed by atoms with Gasteiger partial charge in [0.25, 0.3) is 0 Å². The van der Waals surface area contributed by atoms with E-state index in [1.54, 1.807) is 6.07 Å². The van der Waals surface area contributed by atoms with Gasteiger partial charge in [-0.15, -0.1) is 11.6 Å². The Morgan fingerprint density at radius 1 is 1.50 bits per heavy atom. The number of nitrogens with zero attached hydrogens (tertiary/aromatic N) is 3. The fraction of sp³-hybridized carbons (Fsp3) is 0.467. The van der Waals surface area contributed by atoms with E-state index in [0.717, 1.165) is 49.3 Å². The van der Waals surface area contributed by atoms with E-state index in [0.29, 0.717) is 17.5 Å². The Morgan fingerprint density at radius 3 is 3.10 bits per heavy atom. The maximum atomic E-state index is 9.16. The summed E-state index contributed by atoms with van der Waals surface area (Å²) >= 11 is 6.00. The van der Waals surface area contributed by atoms with Gasteiger partial charge in [0.05, 0.1) is 23.1 Å². The lowest BCUT2D eigenvalue weighted by Gasteiger charge is -2.12. The number of para-hydroxylation sites is 1. The standard InChI is InChI=1S/C15H16ClN3O/c16-9-14-18-15-11(10-17)3-1-5-13(15)19(14)7-6-12-4-2-8-20-12/h1,3,5,12H,2,4,6-9H2. The highest BCUT2D eigenvalue weighted by molar-refractivity contribution is 6.16. The quantitative estimate of drug-likeness (QED) is 0.812. The Labute approximate surface area is 122 Å². The molecule has 2 aromatic rings. The van der Waals surface area contributed by atoms with Gasteiger partial charge in [0.1, 0.15) is 17.4 Å². The van der Waals surface area contributed by atoms with Crippen LogP contribution in [0.4, 0.5) is 0 Å². The number of fused-ring (bicyclic) bond motifs is 1. The minimum absolute atomic E-state index is 0.342. The summed E-state index contributed by atoms with van der Waals surface area (Å²) in [6, 6.07) is 7.86. The van der Waals surface area contributed by atoms with Crippen LogP contribution in [0.2, 0.25) is 0 Å². The third kappa shape index (κ3) is 2.39. The number of ether oxygens (including phenoxy) is 1. The summed E-state index contributed by atoms with van der Waals surface area (Å²) in [6.45, 7) is 1.70. The first-order valence-electron chi connectivity index (χ1n) is 6.89. The highest BCUT2D eigenvalue weighted by Gasteiger charge is 2.18. The van der Waals surface area contributed by atoms with Crippen LogP contribution in [0, 0.1) is 11.3 Å². The van der Waals surface area contributed by atoms with Crippen LogP contribution in [-0.4, -0.2) is 22.3 Å². The Bertz CT molecular complexity index is 653. The summed E-state index contributed by atoms with van der Waals surface area (Å²) in [7, 11) is 0. The average Bonchev–Trinajstić information content (AvgIpc) is 3.11. The zero-order valence-corrected chi connectivity index (χ0v) is 11.9. The van der Waals surface area contributed by atoms with Gasteiger partial charge in [0.15, 0.2) is 0 Å². The third-order valence-corrected chi connectivity index (χ3v) is 4.04. The van der Waals surface area contributed by atoms with Gasteiger partial charge in [-0.25, -0.2) is 4.98 Å². The zero-order chi connectivity index (χ0) is 13.9. The number of alkyl halides is 1. The maximum absolute atomic E-state index is 9.16. The number of aryl methyl sites for hydroxylation is 1. The largest absolute Gasteiger partial charge is 0.378 e. The normalized spacial score (nSPS) is 18.5. The van der Waals surface area contributed by atoms with Crippen molar-refractivity contribution in [1.29, 1.82) is 5.26 Å². The van der Waals surface area contributed by atoms with E-state index in [4.69, 9.17) is 21.6 Å². The SMILES string of the molecule is N#Cc1cccc2c1nc(CCl)n2CCC1CCCO1. The summed E-state index contributed by atoms with van der Waals surface area (Å²) in [5, 5.41) is 9.16. The minimum atomic E-state index is 0.342. The van der Waals surface area contributed by atoms with Crippen LogP contribution in [0.1, 0.15) is 30.7 Å². The number of hydrogen-bond donors (Lipinski definition) is 0. The highest BCUT2D eigenvalue weighted by Crippen LogP contribution is 2.23. The van der Waals surface area contributed by atoms with E-state index in [-0.39, 0.29) is 0 Å². The Kier molecular flexibility index (Phi) is 3.90. The smallest absolute Gasteiger partial charge is 0.124 e. The lowest BCUT2D eigenvalue weighted by molar-refractivity contribution is 0.100. The summed E-state index contributed by atoms with van der Waals surface area (Å²) < 4.78 is 7.78. The van der Waals surface area contributed by atoms with Crippen molar-refractivity contribution in [3.63, 3.8) is 0 Å². The molecule has 0 N–H and O–H groups in total. The Hall–Kier alpha value is -1.57. The first kappa shape index (κ1) is 13.4. The molecule has 0 saturated carbocycles. The molecule has 1 fully saturated rings. The van der Waals surface area contributed by atoms with Gasteiger partial charge < -0.3 is 9.30 Å². The molecule has 0 aliphatic carbocycles. The van der Waals surface area contributed by atoms with Crippen molar-refractivity contribution >= 4 is 22.6 Å². The van der Waals surface area contributed by atoms with Gasteiger partial charge in [-0.2, -0.15) is 5.26 Å². The van der Waals surface area contributed by atoms with Crippen molar-refractivity contribution in [2.24, 2.45) is 0 Å². The number of imidazole rings is 1. The number of nitriles is 1. The van der Waals surface area contributed by atoms with Crippen molar-refractivity contribution < 1.29 is 4.74 Å². The summed E-state index contributed by atoms with van der Waals surface area (Å²) in [6.07, 6.45) is 3.59. The monoisotopic (exact) mass is 289 g/mol. The molecule has 1 aromatic heterocycles. The second-order valence-electron chi connectivity index (χ2n) is 5.02. The third-order valence-electron chi connectivity index (χ3n) is 3.80. The van der Waals surface area contributed by atoms with Gasteiger partial charge >= 0.3 is 0 Å². The number of aromatic nitrogens is 2. The van der Waals surface area contributed by atoms with Gasteiger partial charge in [-0.05, 0) is 31.4 Å². The number of rotatable bonds is 4. The van der Waals surface area contributed by atoms with Gasteiger partial charge in [0.2, 0.25) is 0 Å². The fourth-order valence-corrected chi connectivity index (χ4v) is 2.99. The van der Waals surface area contributed by atoms with Crippen LogP contribution in [0.15, 0.2) is 18.2 Å². The first-order valence-corrected chi connectivity index (χ1v) is 7.42. The summed E-state index contributed by atoms with van der Waals surface area (Å²) in [5.74, 6) is 1.17. The number of hydrogen-bond acceptors (Lipinski definition) is 3. The van der Waals surface area contributed by atoms with Crippen LogP contribution in [0.25, 0.3) is 11.0 Å². The molecule has 0 spiro atoms. The summed E-state index contributed by atoms with van der Waals surface area (Å²) in [5.41, 5.74) is 2.33. The molecule has 3 rings (SSSR count). The van der Waals surface area contributed by atoms with Gasteiger partial charge in [0, 0.05) is 13.2 Å². The molecule has 104 valence electrons. The predicted molar refractivity (Wildman–Crippen MR) is 77.6 cm³/mol. The second-order valence-corrected chi connectivity index (χ2v) is 5.29. The van der Waals surface area contributed by atoms with Crippen molar-refractivity contribution in [1.82, 2.24) is 9.55 Å². The van der Waals surface area contributed by atoms with Crippen LogP contribution >= 0.6 is 11.6 Å². The van der Waals surface area contributed by atoms with Crippen LogP contribution in [0.5, 0.6) is 0 Å². The molecular formula is C15H16ClN3O. The molecule has 0 bridgehead atoms. The molecule has 4 nitrogen and oxygen atoms in total. The second kappa shape index (κ2) is 5.82. The number of benzene rings is 1. The van der Waals surface area contributed by atoms with Crippen molar-refractivity contribution in [2.75, 3.05) is 6.61 Å². The Balaban J connectivity index is 1.93. The van der Waals surface area contributed by atoms with Crippen LogP contribution in [-0.2, 0) is 17.2 Å². The minimum Gasteiger partial charge on any atom is -0.378 e. The molecule has 1 aromatic carbocycles. The van der Waals surface area contributed by atoms with E-state index in [1.807, 2.05) is 12.1 Å². The highest BCUT2D eigenvalue weighted by atomic mass is 35.5. The fourth-order valence-electron chi connectivity index (χ4n) is 2.78. The average molecular weight is 290 g/mol. The molecule has 2 heterocycles. The predicted octanol–water partition coefficient (Wildman–Crippen LogP) is 3.22. The Morgan fingerprint density at radius 2 is 2.40 bits per heavy atom. The van der Waals surface area contributed by atoms with E-state index in [1.165, 1.54) is 0 Å². The van der Waals surface area contributed by atoms with E-state index >= 15 is 0 Å². The molecule has 1 saturated heterocycles. The van der Waals surface area contributed by atoms with Crippen molar-refractivity contribution in [3.05, 3.63) is 29.6 Å². The molecule has 0 radical (unpaired) electrons. The molecule has 1 atom stereocenters. The zero-order valence-electron chi connectivity index (χ0n) is 11.2. The van der Waals surface area contributed by atoms with Crippen LogP contribution in [0.3, 0.4) is 0 Å². The van der Waals surface area contributed by atoms with E-state index in [9.17, 15) is 0 Å². The van der Waals surface area contributed by atoms with Crippen molar-refractivity contribution in [3.8, 4) is 6.07 Å². The lowest BCUT2D eigenvalue weighted by atomic mass is 10.1. The van der Waals surface area contributed by atoms with E-state index < -0.39 is 0 Å². The molecule has 5 heteroatoms. The molecule has 0 amide bonds. The van der Waals surface area contributed by atoms with E-state index in [2.05, 4.69) is 15.6 Å². The lowest BCUT2D eigenvalue weighted by Crippen LogP contribution is -2.11.